The summed E-state index contributed by atoms with van der Waals surface area (Å²) in [6.45, 7) is 0. The van der Waals surface area contributed by atoms with Crippen molar-refractivity contribution >= 4 is 0 Å². The van der Waals surface area contributed by atoms with Crippen molar-refractivity contribution in [2.75, 3.05) is 7.11 Å². The van der Waals surface area contributed by atoms with Crippen LogP contribution in [0.5, 0.6) is 5.88 Å². The molecule has 0 saturated carbocycles. The Hall–Kier alpha value is -1.77. The average molecular weight is 203 g/mol. The molecule has 2 rings (SSSR count). The quantitative estimate of drug-likeness (QED) is 0.765. The molecule has 15 heavy (non-hydrogen) atoms. The highest BCUT2D eigenvalue weighted by atomic mass is 16.5. The Morgan fingerprint density at radius 1 is 1.20 bits per heavy atom. The topological polar surface area (TPSA) is 35.3 Å². The Morgan fingerprint density at radius 3 is 2.87 bits per heavy atom. The van der Waals surface area contributed by atoms with E-state index >= 15 is 0 Å². The highest BCUT2D eigenvalue weighted by molar-refractivity contribution is 5.16. The maximum Gasteiger partial charge on any atom is 0.213 e. The van der Waals surface area contributed by atoms with Crippen LogP contribution in [0.3, 0.4) is 0 Å². The van der Waals surface area contributed by atoms with Gasteiger partial charge in [0, 0.05) is 18.2 Å². The Kier molecular flexibility index (Phi) is 3.02. The number of furan rings is 1. The van der Waals surface area contributed by atoms with Crippen molar-refractivity contribution in [3.05, 3.63) is 48.0 Å². The minimum atomic E-state index is 0.659. The number of rotatable bonds is 4. The van der Waals surface area contributed by atoms with E-state index in [4.69, 9.17) is 9.15 Å². The number of nitrogens with zero attached hydrogens (tertiary/aromatic N) is 1. The molecule has 2 aromatic rings. The van der Waals surface area contributed by atoms with Crippen molar-refractivity contribution in [3.63, 3.8) is 0 Å². The summed E-state index contributed by atoms with van der Waals surface area (Å²) in [5.74, 6) is 1.64. The van der Waals surface area contributed by atoms with Gasteiger partial charge in [0.25, 0.3) is 0 Å². The van der Waals surface area contributed by atoms with Gasteiger partial charge in [-0.3, -0.25) is 0 Å². The van der Waals surface area contributed by atoms with Crippen LogP contribution < -0.4 is 4.74 Å². The van der Waals surface area contributed by atoms with Crippen LogP contribution in [0.25, 0.3) is 0 Å². The first-order chi connectivity index (χ1) is 7.38. The van der Waals surface area contributed by atoms with E-state index in [-0.39, 0.29) is 0 Å². The molecular formula is C12H13NO2. The molecular weight excluding hydrogens is 190 g/mol. The molecule has 0 atom stereocenters. The third-order valence-corrected chi connectivity index (χ3v) is 2.20. The second-order valence-corrected chi connectivity index (χ2v) is 3.25. The number of pyridine rings is 1. The summed E-state index contributed by atoms with van der Waals surface area (Å²) in [6.07, 6.45) is 3.42. The third-order valence-electron chi connectivity index (χ3n) is 2.20. The van der Waals surface area contributed by atoms with Gasteiger partial charge in [0.15, 0.2) is 0 Å². The molecule has 0 radical (unpaired) electrons. The second kappa shape index (κ2) is 4.64. The number of hydrogen-bond acceptors (Lipinski definition) is 3. The first-order valence-electron chi connectivity index (χ1n) is 4.91. The molecule has 0 saturated heterocycles. The van der Waals surface area contributed by atoms with Gasteiger partial charge in [-0.25, -0.2) is 4.98 Å². The molecule has 0 N–H and O–H groups in total. The molecule has 0 aliphatic heterocycles. The standard InChI is InChI=1S/C12H13NO2/c1-14-12-6-2-4-10(13-12)7-8-11-5-3-9-15-11/h2-6,9H,7-8H2,1H3. The van der Waals surface area contributed by atoms with Crippen LogP contribution in [0.1, 0.15) is 11.5 Å². The molecule has 0 aliphatic rings. The maximum absolute atomic E-state index is 5.25. The number of ether oxygens (including phenoxy) is 1. The van der Waals surface area contributed by atoms with E-state index in [1.165, 1.54) is 0 Å². The van der Waals surface area contributed by atoms with Gasteiger partial charge in [-0.05, 0) is 24.6 Å². The third kappa shape index (κ3) is 2.59. The van der Waals surface area contributed by atoms with Crippen LogP contribution in [-0.2, 0) is 12.8 Å². The zero-order chi connectivity index (χ0) is 10.5. The molecule has 3 nitrogen and oxygen atoms in total. The molecule has 2 aromatic heterocycles. The fourth-order valence-corrected chi connectivity index (χ4v) is 1.42. The summed E-state index contributed by atoms with van der Waals surface area (Å²) in [5, 5.41) is 0. The van der Waals surface area contributed by atoms with Crippen molar-refractivity contribution in [3.8, 4) is 5.88 Å². The monoisotopic (exact) mass is 203 g/mol. The maximum atomic E-state index is 5.25. The predicted octanol–water partition coefficient (Wildman–Crippen LogP) is 2.47. The minimum absolute atomic E-state index is 0.659. The fourth-order valence-electron chi connectivity index (χ4n) is 1.42. The SMILES string of the molecule is COc1cccc(CCc2ccco2)n1. The van der Waals surface area contributed by atoms with Crippen LogP contribution in [0.4, 0.5) is 0 Å². The van der Waals surface area contributed by atoms with E-state index in [0.717, 1.165) is 24.3 Å². The van der Waals surface area contributed by atoms with Gasteiger partial charge in [0.2, 0.25) is 5.88 Å². The Bertz CT molecular complexity index is 409. The lowest BCUT2D eigenvalue weighted by Gasteiger charge is -2.01. The van der Waals surface area contributed by atoms with Crippen molar-refractivity contribution in [1.82, 2.24) is 4.98 Å². The summed E-state index contributed by atoms with van der Waals surface area (Å²) < 4.78 is 10.3. The van der Waals surface area contributed by atoms with Gasteiger partial charge < -0.3 is 9.15 Å². The summed E-state index contributed by atoms with van der Waals surface area (Å²) in [4.78, 5) is 4.33. The van der Waals surface area contributed by atoms with E-state index in [0.29, 0.717) is 5.88 Å². The molecule has 0 fully saturated rings. The van der Waals surface area contributed by atoms with E-state index < -0.39 is 0 Å². The molecule has 3 heteroatoms. The van der Waals surface area contributed by atoms with Crippen molar-refractivity contribution in [2.45, 2.75) is 12.8 Å². The first kappa shape index (κ1) is 9.77. The fraction of sp³-hybridized carbons (Fsp3) is 0.250. The molecule has 0 aliphatic carbocycles. The van der Waals surface area contributed by atoms with Gasteiger partial charge in [0.05, 0.1) is 13.4 Å². The Morgan fingerprint density at radius 2 is 2.13 bits per heavy atom. The highest BCUT2D eigenvalue weighted by Gasteiger charge is 2.00. The van der Waals surface area contributed by atoms with Crippen LogP contribution >= 0.6 is 0 Å². The van der Waals surface area contributed by atoms with E-state index in [1.807, 2.05) is 30.3 Å². The van der Waals surface area contributed by atoms with Gasteiger partial charge >= 0.3 is 0 Å². The van der Waals surface area contributed by atoms with Gasteiger partial charge in [-0.15, -0.1) is 0 Å². The van der Waals surface area contributed by atoms with Crippen LogP contribution in [0, 0.1) is 0 Å². The molecule has 2 heterocycles. The van der Waals surface area contributed by atoms with Crippen molar-refractivity contribution in [1.29, 1.82) is 0 Å². The average Bonchev–Trinajstić information content (AvgIpc) is 2.79. The Balaban J connectivity index is 1.98. The number of aryl methyl sites for hydroxylation is 2. The normalized spacial score (nSPS) is 10.2. The molecule has 0 amide bonds. The molecule has 0 bridgehead atoms. The van der Waals surface area contributed by atoms with Crippen molar-refractivity contribution < 1.29 is 9.15 Å². The Labute approximate surface area is 88.7 Å². The highest BCUT2D eigenvalue weighted by Crippen LogP contribution is 2.10. The number of methoxy groups -OCH3 is 1. The lowest BCUT2D eigenvalue weighted by Crippen LogP contribution is -1.95. The van der Waals surface area contributed by atoms with E-state index in [9.17, 15) is 0 Å². The summed E-state index contributed by atoms with van der Waals surface area (Å²) in [6, 6.07) is 9.65. The predicted molar refractivity (Wildman–Crippen MR) is 56.9 cm³/mol. The van der Waals surface area contributed by atoms with E-state index in [1.54, 1.807) is 13.4 Å². The van der Waals surface area contributed by atoms with Crippen LogP contribution in [-0.4, -0.2) is 12.1 Å². The smallest absolute Gasteiger partial charge is 0.213 e. The first-order valence-corrected chi connectivity index (χ1v) is 4.91. The molecule has 0 unspecified atom stereocenters. The zero-order valence-corrected chi connectivity index (χ0v) is 8.64. The minimum Gasteiger partial charge on any atom is -0.481 e. The largest absolute Gasteiger partial charge is 0.481 e. The molecule has 0 spiro atoms. The lowest BCUT2D eigenvalue weighted by atomic mass is 10.2. The summed E-state index contributed by atoms with van der Waals surface area (Å²) in [5.41, 5.74) is 1.02. The van der Waals surface area contributed by atoms with Gasteiger partial charge in [-0.1, -0.05) is 6.07 Å². The molecule has 0 aromatic carbocycles. The van der Waals surface area contributed by atoms with Crippen LogP contribution in [0.2, 0.25) is 0 Å². The van der Waals surface area contributed by atoms with E-state index in [2.05, 4.69) is 4.98 Å². The zero-order valence-electron chi connectivity index (χ0n) is 8.64. The van der Waals surface area contributed by atoms with Crippen molar-refractivity contribution in [2.24, 2.45) is 0 Å². The second-order valence-electron chi connectivity index (χ2n) is 3.25. The van der Waals surface area contributed by atoms with Gasteiger partial charge in [0.1, 0.15) is 5.76 Å². The van der Waals surface area contributed by atoms with Gasteiger partial charge in [-0.2, -0.15) is 0 Å². The molecule has 78 valence electrons. The number of hydrogen-bond donors (Lipinski definition) is 0. The van der Waals surface area contributed by atoms with Crippen LogP contribution in [0.15, 0.2) is 41.0 Å². The number of aromatic nitrogens is 1. The summed E-state index contributed by atoms with van der Waals surface area (Å²) >= 11 is 0. The lowest BCUT2D eigenvalue weighted by molar-refractivity contribution is 0.396. The summed E-state index contributed by atoms with van der Waals surface area (Å²) in [7, 11) is 1.62.